The Labute approximate surface area is 119 Å². The van der Waals surface area contributed by atoms with Crippen LogP contribution in [0.1, 0.15) is 49.2 Å². The zero-order valence-corrected chi connectivity index (χ0v) is 12.7. The van der Waals surface area contributed by atoms with Crippen molar-refractivity contribution in [1.29, 1.82) is 0 Å². The maximum absolute atomic E-state index is 4.64. The monoisotopic (exact) mass is 277 g/mol. The molecule has 0 aromatic carbocycles. The van der Waals surface area contributed by atoms with Crippen molar-refractivity contribution in [3.05, 3.63) is 22.5 Å². The molecule has 0 aliphatic heterocycles. The first-order chi connectivity index (χ1) is 9.25. The Morgan fingerprint density at radius 1 is 1.32 bits per heavy atom. The topological polar surface area (TPSA) is 29.3 Å². The highest BCUT2D eigenvalue weighted by atomic mass is 32.1. The molecule has 3 nitrogen and oxygen atoms in total. The summed E-state index contributed by atoms with van der Waals surface area (Å²) in [4.78, 5) is 5.77. The Hall–Kier alpha value is -0.870. The first-order valence-electron chi connectivity index (χ1n) is 7.38. The molecule has 0 atom stereocenters. The lowest BCUT2D eigenvalue weighted by atomic mass is 9.89. The maximum atomic E-state index is 4.64. The Morgan fingerprint density at radius 2 is 2.11 bits per heavy atom. The van der Waals surface area contributed by atoms with E-state index in [1.54, 1.807) is 11.3 Å². The molecule has 2 aromatic rings. The minimum Gasteiger partial charge on any atom is -0.311 e. The van der Waals surface area contributed by atoms with Gasteiger partial charge in [-0.05, 0) is 39.2 Å². The number of hydrogen-bond donors (Lipinski definition) is 1. The van der Waals surface area contributed by atoms with E-state index in [0.717, 1.165) is 24.0 Å². The molecule has 2 heterocycles. The van der Waals surface area contributed by atoms with E-state index in [1.807, 2.05) is 0 Å². The molecule has 1 aliphatic rings. The predicted molar refractivity (Wildman–Crippen MR) is 80.8 cm³/mol. The number of fused-ring (bicyclic) bond motifs is 1. The van der Waals surface area contributed by atoms with E-state index < -0.39 is 0 Å². The second kappa shape index (κ2) is 5.63. The molecule has 0 unspecified atom stereocenters. The third kappa shape index (κ3) is 2.70. The quantitative estimate of drug-likeness (QED) is 0.923. The zero-order valence-electron chi connectivity index (χ0n) is 11.9. The number of aryl methyl sites for hydroxylation is 2. The number of nitrogens with one attached hydrogen (secondary N) is 1. The molecular weight excluding hydrogens is 254 g/mol. The molecule has 3 rings (SSSR count). The maximum Gasteiger partial charge on any atom is 0.194 e. The Bertz CT molecular complexity index is 549. The molecule has 1 fully saturated rings. The number of hydrogen-bond acceptors (Lipinski definition) is 3. The lowest BCUT2D eigenvalue weighted by molar-refractivity contribution is 0.341. The molecule has 104 valence electrons. The Kier molecular flexibility index (Phi) is 3.89. The molecular formula is C15H23N3S. The van der Waals surface area contributed by atoms with Crippen molar-refractivity contribution >= 4 is 16.3 Å². The number of imidazole rings is 1. The number of thiazole rings is 1. The summed E-state index contributed by atoms with van der Waals surface area (Å²) in [5.41, 5.74) is 3.81. The van der Waals surface area contributed by atoms with E-state index in [2.05, 4.69) is 33.9 Å². The van der Waals surface area contributed by atoms with E-state index >= 15 is 0 Å². The highest BCUT2D eigenvalue weighted by Gasteiger charge is 2.15. The third-order valence-electron chi connectivity index (χ3n) is 4.28. The summed E-state index contributed by atoms with van der Waals surface area (Å²) in [7, 11) is 0. The molecule has 1 saturated carbocycles. The zero-order chi connectivity index (χ0) is 13.2. The average Bonchev–Trinajstić information content (AvgIpc) is 2.92. The summed E-state index contributed by atoms with van der Waals surface area (Å²) in [6.45, 7) is 6.39. The molecule has 0 radical (unpaired) electrons. The second-order valence-corrected chi connectivity index (χ2v) is 6.61. The van der Waals surface area contributed by atoms with Crippen molar-refractivity contribution < 1.29 is 0 Å². The van der Waals surface area contributed by atoms with Gasteiger partial charge in [-0.15, -0.1) is 11.3 Å². The largest absolute Gasteiger partial charge is 0.311 e. The molecule has 4 heteroatoms. The summed E-state index contributed by atoms with van der Waals surface area (Å²) in [5, 5.41) is 5.84. The van der Waals surface area contributed by atoms with Crippen LogP contribution in [0, 0.1) is 19.8 Å². The van der Waals surface area contributed by atoms with Crippen LogP contribution in [0.25, 0.3) is 4.96 Å². The van der Waals surface area contributed by atoms with E-state index in [4.69, 9.17) is 0 Å². The molecule has 2 aromatic heterocycles. The van der Waals surface area contributed by atoms with E-state index in [1.165, 1.54) is 49.2 Å². The van der Waals surface area contributed by atoms with Gasteiger partial charge in [0.2, 0.25) is 0 Å². The van der Waals surface area contributed by atoms with Gasteiger partial charge in [0, 0.05) is 17.6 Å². The van der Waals surface area contributed by atoms with Crippen LogP contribution >= 0.6 is 11.3 Å². The van der Waals surface area contributed by atoms with Crippen LogP contribution in [0.3, 0.4) is 0 Å². The molecule has 0 amide bonds. The second-order valence-electron chi connectivity index (χ2n) is 5.77. The number of rotatable bonds is 4. The highest BCUT2D eigenvalue weighted by Crippen LogP contribution is 2.23. The van der Waals surface area contributed by atoms with Gasteiger partial charge in [0.1, 0.15) is 0 Å². The molecule has 19 heavy (non-hydrogen) atoms. The van der Waals surface area contributed by atoms with Gasteiger partial charge < -0.3 is 5.32 Å². The molecule has 0 spiro atoms. The van der Waals surface area contributed by atoms with Crippen LogP contribution in [-0.2, 0) is 6.54 Å². The minimum absolute atomic E-state index is 0.890. The smallest absolute Gasteiger partial charge is 0.194 e. The molecule has 1 N–H and O–H groups in total. The van der Waals surface area contributed by atoms with Crippen LogP contribution in [-0.4, -0.2) is 15.9 Å². The normalized spacial score (nSPS) is 17.4. The van der Waals surface area contributed by atoms with Crippen LogP contribution in [0.4, 0.5) is 0 Å². The van der Waals surface area contributed by atoms with Gasteiger partial charge in [-0.25, -0.2) is 4.98 Å². The first-order valence-corrected chi connectivity index (χ1v) is 8.26. The predicted octanol–water partition coefficient (Wildman–Crippen LogP) is 3.68. The van der Waals surface area contributed by atoms with Gasteiger partial charge >= 0.3 is 0 Å². The van der Waals surface area contributed by atoms with Gasteiger partial charge in [-0.2, -0.15) is 0 Å². The molecule has 0 saturated heterocycles. The Morgan fingerprint density at radius 3 is 2.89 bits per heavy atom. The standard InChI is InChI=1S/C15H23N3S/c1-11-10-19-15-17-12(2)14(18(11)15)9-16-8-13-6-4-3-5-7-13/h10,13,16H,3-9H2,1-2H3. The molecule has 1 aliphatic carbocycles. The lowest BCUT2D eigenvalue weighted by Crippen LogP contribution is -2.25. The van der Waals surface area contributed by atoms with Crippen molar-refractivity contribution in [3.8, 4) is 0 Å². The van der Waals surface area contributed by atoms with Crippen molar-refractivity contribution in [3.63, 3.8) is 0 Å². The summed E-state index contributed by atoms with van der Waals surface area (Å²) >= 11 is 1.73. The van der Waals surface area contributed by atoms with Crippen LogP contribution in [0.5, 0.6) is 0 Å². The highest BCUT2D eigenvalue weighted by molar-refractivity contribution is 7.15. The lowest BCUT2D eigenvalue weighted by Gasteiger charge is -2.21. The fraction of sp³-hybridized carbons (Fsp3) is 0.667. The van der Waals surface area contributed by atoms with Crippen LogP contribution < -0.4 is 5.32 Å². The average molecular weight is 277 g/mol. The fourth-order valence-electron chi connectivity index (χ4n) is 3.16. The Balaban J connectivity index is 1.64. The fourth-order valence-corrected chi connectivity index (χ4v) is 4.09. The minimum atomic E-state index is 0.890. The third-order valence-corrected chi connectivity index (χ3v) is 5.22. The van der Waals surface area contributed by atoms with E-state index in [-0.39, 0.29) is 0 Å². The van der Waals surface area contributed by atoms with Crippen LogP contribution in [0.2, 0.25) is 0 Å². The van der Waals surface area contributed by atoms with Gasteiger partial charge in [-0.3, -0.25) is 4.40 Å². The SMILES string of the molecule is Cc1nc2scc(C)n2c1CNCC1CCCCC1. The first kappa shape index (κ1) is 13.1. The van der Waals surface area contributed by atoms with Crippen molar-refractivity contribution in [2.24, 2.45) is 5.92 Å². The summed E-state index contributed by atoms with van der Waals surface area (Å²) < 4.78 is 2.30. The van der Waals surface area contributed by atoms with E-state index in [9.17, 15) is 0 Å². The number of aromatic nitrogens is 2. The van der Waals surface area contributed by atoms with Crippen molar-refractivity contribution in [2.75, 3.05) is 6.54 Å². The van der Waals surface area contributed by atoms with Gasteiger partial charge in [0.15, 0.2) is 4.96 Å². The summed E-state index contributed by atoms with van der Waals surface area (Å²) in [5.74, 6) is 0.890. The summed E-state index contributed by atoms with van der Waals surface area (Å²) in [6, 6.07) is 0. The van der Waals surface area contributed by atoms with Crippen molar-refractivity contribution in [2.45, 2.75) is 52.5 Å². The summed E-state index contributed by atoms with van der Waals surface area (Å²) in [6.07, 6.45) is 7.10. The molecule has 0 bridgehead atoms. The van der Waals surface area contributed by atoms with Gasteiger partial charge in [0.05, 0.1) is 11.4 Å². The van der Waals surface area contributed by atoms with E-state index in [0.29, 0.717) is 0 Å². The van der Waals surface area contributed by atoms with Crippen molar-refractivity contribution in [1.82, 2.24) is 14.7 Å². The van der Waals surface area contributed by atoms with Crippen LogP contribution in [0.15, 0.2) is 5.38 Å². The van der Waals surface area contributed by atoms with Gasteiger partial charge in [0.25, 0.3) is 0 Å². The van der Waals surface area contributed by atoms with Gasteiger partial charge in [-0.1, -0.05) is 19.3 Å². The number of nitrogens with zero attached hydrogens (tertiary/aromatic N) is 2.